The van der Waals surface area contributed by atoms with Gasteiger partial charge in [0.05, 0.1) is 11.8 Å². The van der Waals surface area contributed by atoms with Gasteiger partial charge in [-0.05, 0) is 52.0 Å². The fraction of sp³-hybridized carbons (Fsp3) is 0.353. The molecule has 0 radical (unpaired) electrons. The Labute approximate surface area is 125 Å². The van der Waals surface area contributed by atoms with Gasteiger partial charge in [-0.25, -0.2) is 0 Å². The Balaban J connectivity index is 2.10. The number of benzene rings is 1. The fourth-order valence-corrected chi connectivity index (χ4v) is 2.21. The molecule has 21 heavy (non-hydrogen) atoms. The van der Waals surface area contributed by atoms with E-state index in [-0.39, 0.29) is 12.0 Å². The highest BCUT2D eigenvalue weighted by Crippen LogP contribution is 2.24. The topological polar surface area (TPSA) is 43.3 Å². The fourth-order valence-electron chi connectivity index (χ4n) is 2.21. The average Bonchev–Trinajstić information content (AvgIpc) is 2.72. The number of anilines is 1. The van der Waals surface area contributed by atoms with Crippen LogP contribution in [-0.2, 0) is 11.3 Å². The molecule has 0 atom stereocenters. The molecule has 4 heteroatoms. The molecule has 0 saturated carbocycles. The molecule has 0 aliphatic carbocycles. The van der Waals surface area contributed by atoms with E-state index >= 15 is 0 Å². The molecule has 0 spiro atoms. The molecule has 0 aliphatic heterocycles. The van der Waals surface area contributed by atoms with Gasteiger partial charge in [0.2, 0.25) is 5.91 Å². The van der Waals surface area contributed by atoms with Crippen molar-refractivity contribution >= 4 is 11.6 Å². The predicted molar refractivity (Wildman–Crippen MR) is 84.7 cm³/mol. The summed E-state index contributed by atoms with van der Waals surface area (Å²) in [4.78, 5) is 12.2. The monoisotopic (exact) mass is 286 g/mol. The Morgan fingerprint density at radius 3 is 2.38 bits per heavy atom. The van der Waals surface area contributed by atoms with Crippen LogP contribution in [-0.4, -0.2) is 16.6 Å². The van der Waals surface area contributed by atoms with E-state index in [1.165, 1.54) is 0 Å². The van der Waals surface area contributed by atoms with E-state index in [0.29, 0.717) is 18.0 Å². The Morgan fingerprint density at radius 1 is 1.14 bits per heavy atom. The number of hydrogen-bond acceptors (Lipinski definition) is 2. The molecule has 2 aromatic rings. The number of carbonyl (C=O) groups excluding carboxylic acids is 1. The highest BCUT2D eigenvalue weighted by Gasteiger charge is 2.11. The molecule has 1 N–H and O–H groups in total. The lowest BCUT2D eigenvalue weighted by molar-refractivity contribution is -0.116. The highest BCUT2D eigenvalue weighted by molar-refractivity contribution is 5.92. The van der Waals surface area contributed by atoms with Crippen LogP contribution in [0.3, 0.4) is 0 Å². The maximum absolute atomic E-state index is 12.2. The summed E-state index contributed by atoms with van der Waals surface area (Å²) in [5.41, 5.74) is 2.86. The van der Waals surface area contributed by atoms with E-state index in [1.54, 1.807) is 0 Å². The van der Waals surface area contributed by atoms with E-state index in [2.05, 4.69) is 5.32 Å². The van der Waals surface area contributed by atoms with Crippen LogP contribution in [0, 0.1) is 13.8 Å². The zero-order valence-electron chi connectivity index (χ0n) is 13.0. The second kappa shape index (κ2) is 6.48. The van der Waals surface area contributed by atoms with Crippen LogP contribution in [0.4, 0.5) is 5.69 Å². The van der Waals surface area contributed by atoms with Gasteiger partial charge in [-0.1, -0.05) is 12.1 Å². The van der Waals surface area contributed by atoms with Gasteiger partial charge in [0.15, 0.2) is 0 Å². The minimum atomic E-state index is -0.0581. The van der Waals surface area contributed by atoms with Gasteiger partial charge in [0.25, 0.3) is 0 Å². The molecule has 112 valence electrons. The van der Waals surface area contributed by atoms with E-state index < -0.39 is 0 Å². The van der Waals surface area contributed by atoms with Gasteiger partial charge >= 0.3 is 0 Å². The van der Waals surface area contributed by atoms with Gasteiger partial charge in [-0.3, -0.25) is 4.79 Å². The van der Waals surface area contributed by atoms with Crippen molar-refractivity contribution in [3.8, 4) is 5.75 Å². The number of nitrogens with one attached hydrogen (secondary N) is 1. The lowest BCUT2D eigenvalue weighted by atomic mass is 10.3. The summed E-state index contributed by atoms with van der Waals surface area (Å²) in [6, 6.07) is 11.5. The summed E-state index contributed by atoms with van der Waals surface area (Å²) >= 11 is 0. The number of amides is 1. The summed E-state index contributed by atoms with van der Waals surface area (Å²) in [6.45, 7) is 8.23. The first kappa shape index (κ1) is 15.2. The largest absolute Gasteiger partial charge is 0.489 e. The number of carbonyl (C=O) groups is 1. The molecule has 1 aromatic heterocycles. The molecule has 1 aromatic carbocycles. The van der Waals surface area contributed by atoms with Gasteiger partial charge in [-0.15, -0.1) is 0 Å². The summed E-state index contributed by atoms with van der Waals surface area (Å²) in [7, 11) is 0. The average molecular weight is 286 g/mol. The van der Waals surface area contributed by atoms with Crippen LogP contribution >= 0.6 is 0 Å². The zero-order chi connectivity index (χ0) is 15.4. The van der Waals surface area contributed by atoms with E-state index in [0.717, 1.165) is 11.4 Å². The van der Waals surface area contributed by atoms with Crippen molar-refractivity contribution in [2.75, 3.05) is 5.32 Å². The first-order chi connectivity index (χ1) is 9.97. The van der Waals surface area contributed by atoms with E-state index in [4.69, 9.17) is 4.74 Å². The summed E-state index contributed by atoms with van der Waals surface area (Å²) < 4.78 is 7.69. The maximum Gasteiger partial charge on any atom is 0.244 e. The number of rotatable bonds is 5. The third kappa shape index (κ3) is 3.88. The van der Waals surface area contributed by atoms with Crippen LogP contribution in [0.15, 0.2) is 36.4 Å². The smallest absolute Gasteiger partial charge is 0.244 e. The molecule has 0 aliphatic rings. The van der Waals surface area contributed by atoms with Gasteiger partial charge in [-0.2, -0.15) is 0 Å². The van der Waals surface area contributed by atoms with Crippen molar-refractivity contribution in [3.63, 3.8) is 0 Å². The van der Waals surface area contributed by atoms with Crippen LogP contribution in [0.25, 0.3) is 0 Å². The van der Waals surface area contributed by atoms with Crippen molar-refractivity contribution in [1.82, 2.24) is 4.57 Å². The van der Waals surface area contributed by atoms with Crippen LogP contribution in [0.2, 0.25) is 0 Å². The number of ether oxygens (including phenoxy) is 1. The first-order valence-electron chi connectivity index (χ1n) is 7.15. The summed E-state index contributed by atoms with van der Waals surface area (Å²) in [5, 5.41) is 2.92. The van der Waals surface area contributed by atoms with Gasteiger partial charge in [0.1, 0.15) is 12.3 Å². The molecule has 1 amide bonds. The number of aromatic nitrogens is 1. The maximum atomic E-state index is 12.2. The number of aryl methyl sites for hydroxylation is 2. The summed E-state index contributed by atoms with van der Waals surface area (Å²) in [5.74, 6) is 0.638. The first-order valence-corrected chi connectivity index (χ1v) is 7.15. The Hall–Kier alpha value is -2.23. The second-order valence-corrected chi connectivity index (χ2v) is 5.41. The van der Waals surface area contributed by atoms with E-state index in [9.17, 15) is 4.79 Å². The Morgan fingerprint density at radius 2 is 1.76 bits per heavy atom. The number of hydrogen-bond donors (Lipinski definition) is 1. The van der Waals surface area contributed by atoms with Gasteiger partial charge < -0.3 is 14.6 Å². The Bertz CT molecular complexity index is 610. The van der Waals surface area contributed by atoms with Crippen LogP contribution in [0.1, 0.15) is 25.2 Å². The predicted octanol–water partition coefficient (Wildman–Crippen LogP) is 3.53. The number of nitrogens with zero attached hydrogens (tertiary/aromatic N) is 1. The molecule has 4 nitrogen and oxygen atoms in total. The molecule has 0 bridgehead atoms. The molecular weight excluding hydrogens is 264 g/mol. The third-order valence-electron chi connectivity index (χ3n) is 3.24. The lowest BCUT2D eigenvalue weighted by Crippen LogP contribution is -2.20. The quantitative estimate of drug-likeness (QED) is 0.913. The molecule has 1 heterocycles. The number of para-hydroxylation sites is 2. The van der Waals surface area contributed by atoms with Crippen LogP contribution in [0.5, 0.6) is 5.75 Å². The van der Waals surface area contributed by atoms with E-state index in [1.807, 2.05) is 68.7 Å². The molecule has 0 saturated heterocycles. The van der Waals surface area contributed by atoms with Crippen molar-refractivity contribution < 1.29 is 9.53 Å². The van der Waals surface area contributed by atoms with Crippen molar-refractivity contribution in [1.29, 1.82) is 0 Å². The SMILES string of the molecule is Cc1ccc(C)n1CC(=O)Nc1ccccc1OC(C)C. The van der Waals surface area contributed by atoms with Gasteiger partial charge in [0, 0.05) is 11.4 Å². The lowest BCUT2D eigenvalue weighted by Gasteiger charge is -2.15. The van der Waals surface area contributed by atoms with Crippen molar-refractivity contribution in [2.45, 2.75) is 40.3 Å². The molecule has 2 rings (SSSR count). The normalized spacial score (nSPS) is 10.7. The van der Waals surface area contributed by atoms with Crippen molar-refractivity contribution in [2.24, 2.45) is 0 Å². The second-order valence-electron chi connectivity index (χ2n) is 5.41. The molecule has 0 unspecified atom stereocenters. The molecular formula is C17H22N2O2. The summed E-state index contributed by atoms with van der Waals surface area (Å²) in [6.07, 6.45) is 0.0667. The van der Waals surface area contributed by atoms with Crippen molar-refractivity contribution in [3.05, 3.63) is 47.8 Å². The molecule has 0 fully saturated rings. The minimum Gasteiger partial charge on any atom is -0.489 e. The third-order valence-corrected chi connectivity index (χ3v) is 3.24. The Kier molecular flexibility index (Phi) is 4.68. The highest BCUT2D eigenvalue weighted by atomic mass is 16.5. The standard InChI is InChI=1S/C17H22N2O2/c1-12(2)21-16-8-6-5-7-15(16)18-17(20)11-19-13(3)9-10-14(19)4/h5-10,12H,11H2,1-4H3,(H,18,20). The zero-order valence-corrected chi connectivity index (χ0v) is 13.0. The van der Waals surface area contributed by atoms with Crippen LogP contribution < -0.4 is 10.1 Å². The minimum absolute atomic E-state index is 0.0581.